The van der Waals surface area contributed by atoms with E-state index >= 15 is 0 Å². The molecule has 24 heavy (non-hydrogen) atoms. The lowest BCUT2D eigenvalue weighted by molar-refractivity contribution is 0.100. The maximum absolute atomic E-state index is 10.5. The second kappa shape index (κ2) is 7.21. The average Bonchev–Trinajstić information content (AvgIpc) is 2.52. The van der Waals surface area contributed by atoms with Gasteiger partial charge in [-0.3, -0.25) is 0 Å². The van der Waals surface area contributed by atoms with Gasteiger partial charge < -0.3 is 14.3 Å². The molecule has 0 radical (unpaired) electrons. The van der Waals surface area contributed by atoms with Crippen LogP contribution in [-0.4, -0.2) is 38.2 Å². The van der Waals surface area contributed by atoms with Crippen LogP contribution in [0.15, 0.2) is 30.3 Å². The van der Waals surface area contributed by atoms with E-state index in [9.17, 15) is 5.11 Å². The number of pyridine rings is 1. The van der Waals surface area contributed by atoms with E-state index in [1.165, 1.54) is 0 Å². The van der Waals surface area contributed by atoms with E-state index in [0.29, 0.717) is 18.9 Å². The molecule has 2 aromatic rings. The van der Waals surface area contributed by atoms with Crippen LogP contribution in [0.2, 0.25) is 18.1 Å². The summed E-state index contributed by atoms with van der Waals surface area (Å²) in [5, 5.41) is 11.6. The summed E-state index contributed by atoms with van der Waals surface area (Å²) < 4.78 is 11.3. The molecule has 4 nitrogen and oxygen atoms in total. The van der Waals surface area contributed by atoms with Crippen molar-refractivity contribution < 1.29 is 14.3 Å². The van der Waals surface area contributed by atoms with E-state index in [-0.39, 0.29) is 5.04 Å². The third kappa shape index (κ3) is 4.35. The van der Waals surface area contributed by atoms with Crippen LogP contribution in [0.4, 0.5) is 0 Å². The zero-order valence-corrected chi connectivity index (χ0v) is 16.6. The molecule has 132 valence electrons. The van der Waals surface area contributed by atoms with E-state index < -0.39 is 14.4 Å². The Balaban J connectivity index is 2.12. The molecule has 0 saturated heterocycles. The molecule has 0 amide bonds. The first kappa shape index (κ1) is 18.9. The van der Waals surface area contributed by atoms with Crippen LogP contribution in [0.3, 0.4) is 0 Å². The zero-order valence-electron chi connectivity index (χ0n) is 15.6. The van der Waals surface area contributed by atoms with Crippen LogP contribution in [0, 0.1) is 0 Å². The van der Waals surface area contributed by atoms with Gasteiger partial charge in [-0.15, -0.1) is 0 Å². The lowest BCUT2D eigenvalue weighted by Gasteiger charge is -2.36. The van der Waals surface area contributed by atoms with E-state index in [4.69, 9.17) is 9.16 Å². The third-order valence-electron chi connectivity index (χ3n) is 4.89. The van der Waals surface area contributed by atoms with Crippen molar-refractivity contribution in [3.05, 3.63) is 35.9 Å². The Labute approximate surface area is 146 Å². The van der Waals surface area contributed by atoms with Crippen LogP contribution < -0.4 is 4.74 Å². The largest absolute Gasteiger partial charge is 0.481 e. The molecule has 1 aromatic heterocycles. The van der Waals surface area contributed by atoms with Crippen molar-refractivity contribution in [1.29, 1.82) is 0 Å². The lowest BCUT2D eigenvalue weighted by Crippen LogP contribution is -2.42. The predicted molar refractivity (Wildman–Crippen MR) is 101 cm³/mol. The second-order valence-corrected chi connectivity index (χ2v) is 12.6. The standard InChI is InChI=1S/C19H29NO3Si/c1-19(2,3)24(5,6)23-13-16(21)12-15-9-7-8-14-10-11-17(22-4)20-18(14)15/h7-11,16,21H,12-13H2,1-6H3. The fraction of sp³-hybridized carbons (Fsp3) is 0.526. The number of aliphatic hydroxyl groups is 1. The molecule has 1 unspecified atom stereocenters. The molecular weight excluding hydrogens is 318 g/mol. The predicted octanol–water partition coefficient (Wildman–Crippen LogP) is 4.17. The minimum atomic E-state index is -1.85. The zero-order chi connectivity index (χ0) is 18.0. The molecule has 0 spiro atoms. The molecule has 1 N–H and O–H groups in total. The van der Waals surface area contributed by atoms with Crippen molar-refractivity contribution in [2.75, 3.05) is 13.7 Å². The van der Waals surface area contributed by atoms with Gasteiger partial charge >= 0.3 is 0 Å². The summed E-state index contributed by atoms with van der Waals surface area (Å²) in [6.45, 7) is 11.4. The Bertz CT molecular complexity index is 695. The molecule has 1 atom stereocenters. The van der Waals surface area contributed by atoms with Crippen molar-refractivity contribution in [1.82, 2.24) is 4.98 Å². The van der Waals surface area contributed by atoms with Crippen LogP contribution in [0.5, 0.6) is 5.88 Å². The summed E-state index contributed by atoms with van der Waals surface area (Å²) >= 11 is 0. The molecule has 0 saturated carbocycles. The van der Waals surface area contributed by atoms with Gasteiger partial charge in [0.05, 0.1) is 25.3 Å². The topological polar surface area (TPSA) is 51.6 Å². The number of para-hydroxylation sites is 1. The maximum atomic E-state index is 10.5. The minimum Gasteiger partial charge on any atom is -0.481 e. The Morgan fingerprint density at radius 3 is 2.50 bits per heavy atom. The molecule has 1 heterocycles. The Morgan fingerprint density at radius 2 is 1.88 bits per heavy atom. The molecular formula is C19H29NO3Si. The van der Waals surface area contributed by atoms with Gasteiger partial charge in [0.25, 0.3) is 0 Å². The summed E-state index contributed by atoms with van der Waals surface area (Å²) in [7, 11) is -0.239. The van der Waals surface area contributed by atoms with E-state index in [2.05, 4.69) is 38.8 Å². The molecule has 0 aliphatic heterocycles. The summed E-state index contributed by atoms with van der Waals surface area (Å²) in [5.41, 5.74) is 1.89. The van der Waals surface area contributed by atoms with Crippen LogP contribution >= 0.6 is 0 Å². The number of hydrogen-bond acceptors (Lipinski definition) is 4. The molecule has 0 aliphatic rings. The highest BCUT2D eigenvalue weighted by Gasteiger charge is 2.37. The quantitative estimate of drug-likeness (QED) is 0.797. The Hall–Kier alpha value is -1.43. The van der Waals surface area contributed by atoms with Crippen LogP contribution in [0.25, 0.3) is 10.9 Å². The Morgan fingerprint density at radius 1 is 1.17 bits per heavy atom. The van der Waals surface area contributed by atoms with E-state index in [1.54, 1.807) is 7.11 Å². The fourth-order valence-electron chi connectivity index (χ4n) is 2.30. The first-order valence-electron chi connectivity index (χ1n) is 8.39. The van der Waals surface area contributed by atoms with Gasteiger partial charge in [-0.05, 0) is 29.8 Å². The van der Waals surface area contributed by atoms with Gasteiger partial charge in [-0.2, -0.15) is 0 Å². The van der Waals surface area contributed by atoms with Gasteiger partial charge in [0, 0.05) is 17.9 Å². The van der Waals surface area contributed by atoms with Gasteiger partial charge in [-0.1, -0.05) is 39.0 Å². The number of aromatic nitrogens is 1. The summed E-state index contributed by atoms with van der Waals surface area (Å²) in [6.07, 6.45) is -0.0238. The number of methoxy groups -OCH3 is 1. The van der Waals surface area contributed by atoms with Gasteiger partial charge in [0.15, 0.2) is 8.32 Å². The van der Waals surface area contributed by atoms with Crippen LogP contribution in [-0.2, 0) is 10.8 Å². The molecule has 1 aromatic carbocycles. The van der Waals surface area contributed by atoms with Gasteiger partial charge in [0.1, 0.15) is 0 Å². The van der Waals surface area contributed by atoms with E-state index in [1.807, 2.05) is 30.3 Å². The Kier molecular flexibility index (Phi) is 5.68. The smallest absolute Gasteiger partial charge is 0.213 e. The monoisotopic (exact) mass is 347 g/mol. The maximum Gasteiger partial charge on any atom is 0.213 e. The summed E-state index contributed by atoms with van der Waals surface area (Å²) in [6, 6.07) is 9.85. The lowest BCUT2D eigenvalue weighted by atomic mass is 10.0. The van der Waals surface area contributed by atoms with Crippen LogP contribution in [0.1, 0.15) is 26.3 Å². The SMILES string of the molecule is COc1ccc2cccc(CC(O)CO[Si](C)(C)C(C)(C)C)c2n1. The normalized spacial score (nSPS) is 14.0. The van der Waals surface area contributed by atoms with Crippen molar-refractivity contribution in [2.45, 2.75) is 51.4 Å². The number of benzene rings is 1. The van der Waals surface area contributed by atoms with E-state index in [0.717, 1.165) is 16.5 Å². The van der Waals surface area contributed by atoms with Gasteiger partial charge in [0.2, 0.25) is 5.88 Å². The highest BCUT2D eigenvalue weighted by molar-refractivity contribution is 6.74. The average molecular weight is 348 g/mol. The second-order valence-electron chi connectivity index (χ2n) is 7.77. The molecule has 0 bridgehead atoms. The number of ether oxygens (including phenoxy) is 1. The number of fused-ring (bicyclic) bond motifs is 1. The third-order valence-corrected chi connectivity index (χ3v) is 9.39. The number of nitrogens with zero attached hydrogens (tertiary/aromatic N) is 1. The van der Waals surface area contributed by atoms with Crippen molar-refractivity contribution in [3.8, 4) is 5.88 Å². The minimum absolute atomic E-state index is 0.140. The van der Waals surface area contributed by atoms with Gasteiger partial charge in [-0.25, -0.2) is 4.98 Å². The number of rotatable bonds is 6. The van der Waals surface area contributed by atoms with Crippen molar-refractivity contribution in [3.63, 3.8) is 0 Å². The first-order chi connectivity index (χ1) is 11.1. The molecule has 5 heteroatoms. The molecule has 0 aliphatic carbocycles. The molecule has 0 fully saturated rings. The van der Waals surface area contributed by atoms with Crippen molar-refractivity contribution >= 4 is 19.2 Å². The number of hydrogen-bond donors (Lipinski definition) is 1. The molecule has 2 rings (SSSR count). The highest BCUT2D eigenvalue weighted by atomic mass is 28.4. The van der Waals surface area contributed by atoms with Crippen molar-refractivity contribution in [2.24, 2.45) is 0 Å². The number of aliphatic hydroxyl groups excluding tert-OH is 1. The first-order valence-corrected chi connectivity index (χ1v) is 11.3. The summed E-state index contributed by atoms with van der Waals surface area (Å²) in [5.74, 6) is 0.585. The highest BCUT2D eigenvalue weighted by Crippen LogP contribution is 2.36. The fourth-order valence-corrected chi connectivity index (χ4v) is 3.34. The summed E-state index contributed by atoms with van der Waals surface area (Å²) in [4.78, 5) is 4.53.